The van der Waals surface area contributed by atoms with Crippen molar-refractivity contribution in [2.75, 3.05) is 5.32 Å². The highest BCUT2D eigenvalue weighted by Crippen LogP contribution is 2.32. The maximum Gasteiger partial charge on any atom is 0.224 e. The van der Waals surface area contributed by atoms with Gasteiger partial charge >= 0.3 is 0 Å². The number of aryl methyl sites for hydroxylation is 3. The van der Waals surface area contributed by atoms with Gasteiger partial charge in [0.25, 0.3) is 0 Å². The number of aromatic amines is 1. The Kier molecular flexibility index (Phi) is 5.50. The van der Waals surface area contributed by atoms with Crippen LogP contribution in [0.2, 0.25) is 0 Å². The van der Waals surface area contributed by atoms with Crippen molar-refractivity contribution in [3.8, 4) is 0 Å². The highest BCUT2D eigenvalue weighted by atomic mass is 32.2. The van der Waals surface area contributed by atoms with E-state index in [1.165, 1.54) is 10.9 Å². The summed E-state index contributed by atoms with van der Waals surface area (Å²) in [7, 11) is 0. The molecule has 0 fully saturated rings. The van der Waals surface area contributed by atoms with Gasteiger partial charge in [-0.15, -0.1) is 11.3 Å². The number of aromatic nitrogens is 2. The van der Waals surface area contributed by atoms with Crippen LogP contribution in [0.4, 0.5) is 5.69 Å². The fourth-order valence-electron chi connectivity index (χ4n) is 3.12. The Morgan fingerprint density at radius 2 is 2.07 bits per heavy atom. The first-order chi connectivity index (χ1) is 13.6. The van der Waals surface area contributed by atoms with Gasteiger partial charge < -0.3 is 10.3 Å². The normalized spacial score (nSPS) is 11.1. The van der Waals surface area contributed by atoms with E-state index < -0.39 is 0 Å². The quantitative estimate of drug-likeness (QED) is 0.414. The van der Waals surface area contributed by atoms with Crippen LogP contribution < -0.4 is 5.32 Å². The Labute approximate surface area is 172 Å². The van der Waals surface area contributed by atoms with Crippen LogP contribution in [0.3, 0.4) is 0 Å². The van der Waals surface area contributed by atoms with Crippen LogP contribution in [0.1, 0.15) is 23.2 Å². The minimum absolute atomic E-state index is 0.0318. The van der Waals surface area contributed by atoms with E-state index in [0.29, 0.717) is 12.8 Å². The van der Waals surface area contributed by atoms with E-state index in [4.69, 9.17) is 0 Å². The Morgan fingerprint density at radius 3 is 2.86 bits per heavy atom. The summed E-state index contributed by atoms with van der Waals surface area (Å²) in [6.07, 6.45) is 3.16. The molecule has 28 heavy (non-hydrogen) atoms. The first-order valence-corrected chi connectivity index (χ1v) is 10.8. The van der Waals surface area contributed by atoms with Gasteiger partial charge in [0.05, 0.1) is 0 Å². The molecular weight excluding hydrogens is 386 g/mol. The molecule has 2 aromatic carbocycles. The molecule has 0 unspecified atom stereocenters. The van der Waals surface area contributed by atoms with E-state index in [0.717, 1.165) is 31.7 Å². The van der Waals surface area contributed by atoms with Crippen molar-refractivity contribution in [1.82, 2.24) is 9.97 Å². The zero-order valence-corrected chi connectivity index (χ0v) is 17.4. The summed E-state index contributed by atoms with van der Waals surface area (Å²) >= 11 is 3.30. The summed E-state index contributed by atoms with van der Waals surface area (Å²) < 4.78 is 1.03. The lowest BCUT2D eigenvalue weighted by Crippen LogP contribution is -2.13. The first-order valence-electron chi connectivity index (χ1n) is 9.14. The molecular formula is C22H21N3OS2. The highest BCUT2D eigenvalue weighted by Gasteiger charge is 2.10. The summed E-state index contributed by atoms with van der Waals surface area (Å²) in [5, 5.41) is 6.28. The molecule has 2 heterocycles. The van der Waals surface area contributed by atoms with E-state index in [2.05, 4.69) is 38.9 Å². The number of hydrogen-bond donors (Lipinski definition) is 2. The maximum absolute atomic E-state index is 12.4. The number of para-hydroxylation sites is 1. The average Bonchev–Trinajstić information content (AvgIpc) is 3.28. The molecule has 0 aliphatic carbocycles. The molecule has 4 aromatic rings. The largest absolute Gasteiger partial charge is 0.361 e. The minimum atomic E-state index is 0.0318. The molecule has 2 N–H and O–H groups in total. The van der Waals surface area contributed by atoms with E-state index in [-0.39, 0.29) is 5.91 Å². The predicted octanol–water partition coefficient (Wildman–Crippen LogP) is 5.96. The number of nitrogens with zero attached hydrogens (tertiary/aromatic N) is 1. The van der Waals surface area contributed by atoms with Gasteiger partial charge in [-0.1, -0.05) is 30.0 Å². The lowest BCUT2D eigenvalue weighted by molar-refractivity contribution is -0.116. The van der Waals surface area contributed by atoms with Gasteiger partial charge in [0.15, 0.2) is 4.34 Å². The Bertz CT molecular complexity index is 1130. The molecule has 0 bridgehead atoms. The molecule has 0 atom stereocenters. The van der Waals surface area contributed by atoms with Crippen LogP contribution in [-0.4, -0.2) is 15.9 Å². The van der Waals surface area contributed by atoms with Crippen LogP contribution in [0.15, 0.2) is 63.3 Å². The molecule has 6 heteroatoms. The third kappa shape index (κ3) is 4.29. The maximum atomic E-state index is 12.4. The number of nitrogens with one attached hydrogen (secondary N) is 2. The topological polar surface area (TPSA) is 57.8 Å². The van der Waals surface area contributed by atoms with Crippen LogP contribution >= 0.6 is 23.1 Å². The number of fused-ring (bicyclic) bond motifs is 1. The van der Waals surface area contributed by atoms with Gasteiger partial charge in [-0.25, -0.2) is 4.98 Å². The number of benzene rings is 2. The van der Waals surface area contributed by atoms with Gasteiger partial charge in [-0.2, -0.15) is 0 Å². The predicted molar refractivity (Wildman–Crippen MR) is 117 cm³/mol. The summed E-state index contributed by atoms with van der Waals surface area (Å²) in [6.45, 7) is 4.02. The number of hydrogen-bond acceptors (Lipinski definition) is 4. The summed E-state index contributed by atoms with van der Waals surface area (Å²) in [4.78, 5) is 21.3. The number of carbonyl (C=O) groups is 1. The van der Waals surface area contributed by atoms with Crippen molar-refractivity contribution in [1.29, 1.82) is 0 Å². The molecule has 0 radical (unpaired) electrons. The van der Waals surface area contributed by atoms with Crippen molar-refractivity contribution < 1.29 is 4.79 Å². The van der Waals surface area contributed by atoms with Gasteiger partial charge in [-0.05, 0) is 55.7 Å². The molecule has 0 saturated carbocycles. The van der Waals surface area contributed by atoms with Gasteiger partial charge in [0, 0.05) is 45.2 Å². The molecule has 2 aromatic heterocycles. The van der Waals surface area contributed by atoms with Crippen LogP contribution in [-0.2, 0) is 11.2 Å². The number of amides is 1. The number of thiazole rings is 1. The number of anilines is 1. The average molecular weight is 408 g/mol. The Hall–Kier alpha value is -2.57. The molecule has 0 saturated heterocycles. The lowest BCUT2D eigenvalue weighted by atomic mass is 10.1. The smallest absolute Gasteiger partial charge is 0.224 e. The molecule has 4 rings (SSSR count). The Morgan fingerprint density at radius 1 is 1.21 bits per heavy atom. The van der Waals surface area contributed by atoms with E-state index in [9.17, 15) is 4.79 Å². The van der Waals surface area contributed by atoms with Crippen molar-refractivity contribution in [2.45, 2.75) is 35.9 Å². The standard InChI is InChI=1S/C22H21N3OS2/c1-14-11-17(28-22-24-15(2)13-27-22)8-9-19(14)25-21(26)10-7-16-12-23-20-6-4-3-5-18(16)20/h3-6,8-9,11-13,23H,7,10H2,1-2H3,(H,25,26). The zero-order valence-electron chi connectivity index (χ0n) is 15.8. The minimum Gasteiger partial charge on any atom is -0.361 e. The second-order valence-electron chi connectivity index (χ2n) is 6.74. The molecule has 1 amide bonds. The number of carbonyl (C=O) groups excluding carboxylic acids is 1. The van der Waals surface area contributed by atoms with Crippen molar-refractivity contribution in [3.05, 3.63) is 70.9 Å². The van der Waals surface area contributed by atoms with Crippen molar-refractivity contribution in [2.24, 2.45) is 0 Å². The number of rotatable bonds is 6. The Balaban J connectivity index is 1.37. The molecule has 4 nitrogen and oxygen atoms in total. The molecule has 0 aliphatic rings. The fourth-order valence-corrected chi connectivity index (χ4v) is 5.03. The van der Waals surface area contributed by atoms with E-state index in [1.807, 2.05) is 44.3 Å². The monoisotopic (exact) mass is 407 g/mol. The zero-order chi connectivity index (χ0) is 19.5. The summed E-state index contributed by atoms with van der Waals surface area (Å²) in [5.41, 5.74) is 5.25. The third-order valence-corrected chi connectivity index (χ3v) is 6.62. The second-order valence-corrected chi connectivity index (χ2v) is 8.92. The summed E-state index contributed by atoms with van der Waals surface area (Å²) in [6, 6.07) is 14.3. The van der Waals surface area contributed by atoms with Crippen LogP contribution in [0, 0.1) is 13.8 Å². The fraction of sp³-hybridized carbons (Fsp3) is 0.182. The van der Waals surface area contributed by atoms with E-state index >= 15 is 0 Å². The SMILES string of the molecule is Cc1csc(Sc2ccc(NC(=O)CCc3c[nH]c4ccccc34)c(C)c2)n1. The van der Waals surface area contributed by atoms with Gasteiger partial charge in [0.1, 0.15) is 0 Å². The van der Waals surface area contributed by atoms with E-state index in [1.54, 1.807) is 23.1 Å². The second kappa shape index (κ2) is 8.20. The van der Waals surface area contributed by atoms with Crippen molar-refractivity contribution in [3.63, 3.8) is 0 Å². The first kappa shape index (κ1) is 18.8. The highest BCUT2D eigenvalue weighted by molar-refractivity contribution is 8.01. The molecule has 142 valence electrons. The third-order valence-electron chi connectivity index (χ3n) is 4.57. The van der Waals surface area contributed by atoms with Crippen LogP contribution in [0.25, 0.3) is 10.9 Å². The molecule has 0 spiro atoms. The van der Waals surface area contributed by atoms with Gasteiger partial charge in [0.2, 0.25) is 5.91 Å². The summed E-state index contributed by atoms with van der Waals surface area (Å²) in [5.74, 6) is 0.0318. The van der Waals surface area contributed by atoms with Crippen molar-refractivity contribution >= 4 is 45.6 Å². The molecule has 0 aliphatic heterocycles. The number of H-pyrrole nitrogens is 1. The lowest BCUT2D eigenvalue weighted by Gasteiger charge is -2.10. The van der Waals surface area contributed by atoms with Gasteiger partial charge in [-0.3, -0.25) is 4.79 Å². The van der Waals surface area contributed by atoms with Crippen LogP contribution in [0.5, 0.6) is 0 Å².